The number of pyridine rings is 1. The molecule has 2 aromatic heterocycles. The van der Waals surface area contributed by atoms with Crippen molar-refractivity contribution in [2.45, 2.75) is 6.92 Å². The summed E-state index contributed by atoms with van der Waals surface area (Å²) in [7, 11) is 0. The van der Waals surface area contributed by atoms with Crippen molar-refractivity contribution in [1.82, 2.24) is 15.1 Å². The third kappa shape index (κ3) is 2.97. The first-order valence-electron chi connectivity index (χ1n) is 6.52. The highest BCUT2D eigenvalue weighted by Crippen LogP contribution is 2.18. The summed E-state index contributed by atoms with van der Waals surface area (Å²) in [5.41, 5.74) is 9.15. The Balaban J connectivity index is 1.84. The molecule has 0 aliphatic rings. The van der Waals surface area contributed by atoms with Gasteiger partial charge in [0.15, 0.2) is 0 Å². The molecule has 0 radical (unpaired) electrons. The summed E-state index contributed by atoms with van der Waals surface area (Å²) in [6.45, 7) is 1.96. The molecule has 2 heterocycles. The number of hydrogen-bond acceptors (Lipinski definition) is 5. The van der Waals surface area contributed by atoms with Crippen LogP contribution < -0.4 is 5.73 Å². The first kappa shape index (κ1) is 13.1. The smallest absolute Gasteiger partial charge is 0.251 e. The van der Waals surface area contributed by atoms with Gasteiger partial charge in [0.25, 0.3) is 5.89 Å². The maximum absolute atomic E-state index is 5.73. The molecule has 5 heteroatoms. The Bertz CT molecular complexity index is 792. The second-order valence-electron chi connectivity index (χ2n) is 4.63. The fourth-order valence-electron chi connectivity index (χ4n) is 1.95. The van der Waals surface area contributed by atoms with E-state index in [9.17, 15) is 0 Å². The molecular weight excluding hydrogens is 264 g/mol. The van der Waals surface area contributed by atoms with E-state index in [1.54, 1.807) is 12.3 Å². The maximum Gasteiger partial charge on any atom is 0.251 e. The summed E-state index contributed by atoms with van der Waals surface area (Å²) in [6.07, 6.45) is 5.34. The highest BCUT2D eigenvalue weighted by molar-refractivity contribution is 5.68. The molecule has 0 saturated carbocycles. The van der Waals surface area contributed by atoms with Crippen LogP contribution in [0.4, 0.5) is 5.69 Å². The van der Waals surface area contributed by atoms with Crippen molar-refractivity contribution in [1.29, 1.82) is 0 Å². The summed E-state index contributed by atoms with van der Waals surface area (Å²) >= 11 is 0. The Labute approximate surface area is 122 Å². The monoisotopic (exact) mass is 278 g/mol. The van der Waals surface area contributed by atoms with Crippen molar-refractivity contribution in [3.63, 3.8) is 0 Å². The van der Waals surface area contributed by atoms with Crippen molar-refractivity contribution in [3.05, 3.63) is 59.6 Å². The van der Waals surface area contributed by atoms with Gasteiger partial charge in [-0.2, -0.15) is 4.98 Å². The molecule has 3 aromatic rings. The van der Waals surface area contributed by atoms with Gasteiger partial charge >= 0.3 is 0 Å². The molecular formula is C16H14N4O. The van der Waals surface area contributed by atoms with Crippen molar-refractivity contribution in [3.8, 4) is 11.5 Å². The van der Waals surface area contributed by atoms with Crippen molar-refractivity contribution in [2.24, 2.45) is 0 Å². The van der Waals surface area contributed by atoms with Crippen LogP contribution in [-0.2, 0) is 0 Å². The number of nitrogen functional groups attached to an aromatic ring is 1. The first-order valence-corrected chi connectivity index (χ1v) is 6.52. The molecule has 0 aliphatic carbocycles. The van der Waals surface area contributed by atoms with Crippen LogP contribution >= 0.6 is 0 Å². The molecule has 104 valence electrons. The van der Waals surface area contributed by atoms with Crippen LogP contribution in [0.1, 0.15) is 17.0 Å². The number of hydrogen-bond donors (Lipinski definition) is 1. The third-order valence-electron chi connectivity index (χ3n) is 2.99. The Hall–Kier alpha value is -2.95. The molecule has 0 spiro atoms. The SMILES string of the molecule is Cc1cccnc1-c1noc(/C=C/c2cccc(N)c2)n1. The maximum atomic E-state index is 5.73. The lowest BCUT2D eigenvalue weighted by Gasteiger charge is -1.96. The Morgan fingerprint density at radius 2 is 2.05 bits per heavy atom. The number of nitrogens with zero attached hydrogens (tertiary/aromatic N) is 3. The molecule has 0 aliphatic heterocycles. The number of nitrogens with two attached hydrogens (primary N) is 1. The second kappa shape index (κ2) is 5.58. The fourth-order valence-corrected chi connectivity index (χ4v) is 1.95. The molecule has 2 N–H and O–H groups in total. The van der Waals surface area contributed by atoms with E-state index in [-0.39, 0.29) is 0 Å². The van der Waals surface area contributed by atoms with Gasteiger partial charge in [0.05, 0.1) is 0 Å². The van der Waals surface area contributed by atoms with E-state index < -0.39 is 0 Å². The predicted octanol–water partition coefficient (Wildman–Crippen LogP) is 3.19. The van der Waals surface area contributed by atoms with E-state index in [0.29, 0.717) is 17.4 Å². The fraction of sp³-hybridized carbons (Fsp3) is 0.0625. The predicted molar refractivity (Wildman–Crippen MR) is 82.0 cm³/mol. The lowest BCUT2D eigenvalue weighted by Crippen LogP contribution is -1.88. The van der Waals surface area contributed by atoms with E-state index in [4.69, 9.17) is 10.3 Å². The third-order valence-corrected chi connectivity index (χ3v) is 2.99. The summed E-state index contributed by atoms with van der Waals surface area (Å²) < 4.78 is 5.21. The summed E-state index contributed by atoms with van der Waals surface area (Å²) in [5.74, 6) is 0.915. The molecule has 0 amide bonds. The van der Waals surface area contributed by atoms with Gasteiger partial charge in [0.2, 0.25) is 5.82 Å². The zero-order valence-electron chi connectivity index (χ0n) is 11.5. The largest absolute Gasteiger partial charge is 0.399 e. The van der Waals surface area contributed by atoms with E-state index >= 15 is 0 Å². The molecule has 0 fully saturated rings. The van der Waals surface area contributed by atoms with Gasteiger partial charge in [-0.15, -0.1) is 0 Å². The average molecular weight is 278 g/mol. The van der Waals surface area contributed by atoms with E-state index in [1.165, 1.54) is 0 Å². The summed E-state index contributed by atoms with van der Waals surface area (Å²) in [5, 5.41) is 3.95. The van der Waals surface area contributed by atoms with Gasteiger partial charge in [0.1, 0.15) is 5.69 Å². The Morgan fingerprint density at radius 1 is 1.14 bits per heavy atom. The van der Waals surface area contributed by atoms with Crippen molar-refractivity contribution >= 4 is 17.8 Å². The highest BCUT2D eigenvalue weighted by Gasteiger charge is 2.09. The zero-order chi connectivity index (χ0) is 14.7. The topological polar surface area (TPSA) is 77.8 Å². The van der Waals surface area contributed by atoms with Crippen LogP contribution in [-0.4, -0.2) is 15.1 Å². The molecule has 5 nitrogen and oxygen atoms in total. The molecule has 0 atom stereocenters. The van der Waals surface area contributed by atoms with Gasteiger partial charge in [-0.1, -0.05) is 23.4 Å². The molecule has 3 rings (SSSR count). The van der Waals surface area contributed by atoms with Crippen LogP contribution in [0.3, 0.4) is 0 Å². The summed E-state index contributed by atoms with van der Waals surface area (Å²) in [4.78, 5) is 8.59. The van der Waals surface area contributed by atoms with Gasteiger partial charge < -0.3 is 10.3 Å². The molecule has 0 bridgehead atoms. The van der Waals surface area contributed by atoms with E-state index in [2.05, 4.69) is 15.1 Å². The van der Waals surface area contributed by atoms with Gasteiger partial charge in [-0.3, -0.25) is 4.98 Å². The van der Waals surface area contributed by atoms with Crippen LogP contribution in [0.2, 0.25) is 0 Å². The standard InChI is InChI=1S/C16H14N4O/c1-11-4-3-9-18-15(11)16-19-14(21-20-16)8-7-12-5-2-6-13(17)10-12/h2-10H,17H2,1H3/b8-7+. The number of benzene rings is 1. The number of aryl methyl sites for hydroxylation is 1. The Kier molecular flexibility index (Phi) is 3.47. The number of aromatic nitrogens is 3. The molecule has 21 heavy (non-hydrogen) atoms. The second-order valence-corrected chi connectivity index (χ2v) is 4.63. The van der Waals surface area contributed by atoms with Gasteiger partial charge in [-0.25, -0.2) is 0 Å². The lowest BCUT2D eigenvalue weighted by molar-refractivity contribution is 0.411. The average Bonchev–Trinajstić information content (AvgIpc) is 2.94. The first-order chi connectivity index (χ1) is 10.2. The van der Waals surface area contributed by atoms with Crippen LogP contribution in [0.15, 0.2) is 47.1 Å². The minimum atomic E-state index is 0.428. The van der Waals surface area contributed by atoms with Crippen LogP contribution in [0.25, 0.3) is 23.7 Å². The number of rotatable bonds is 3. The lowest BCUT2D eigenvalue weighted by atomic mass is 10.2. The Morgan fingerprint density at radius 3 is 2.86 bits per heavy atom. The van der Waals surface area contributed by atoms with Crippen LogP contribution in [0, 0.1) is 6.92 Å². The molecule has 0 saturated heterocycles. The minimum absolute atomic E-state index is 0.428. The van der Waals surface area contributed by atoms with Gasteiger partial charge in [-0.05, 0) is 42.3 Å². The molecule has 1 aromatic carbocycles. The number of anilines is 1. The summed E-state index contributed by atoms with van der Waals surface area (Å²) in [6, 6.07) is 11.4. The van der Waals surface area contributed by atoms with Crippen LogP contribution in [0.5, 0.6) is 0 Å². The zero-order valence-corrected chi connectivity index (χ0v) is 11.5. The van der Waals surface area contributed by atoms with Crippen molar-refractivity contribution < 1.29 is 4.52 Å². The quantitative estimate of drug-likeness (QED) is 0.744. The normalized spacial score (nSPS) is 11.1. The minimum Gasteiger partial charge on any atom is -0.399 e. The molecule has 0 unspecified atom stereocenters. The van der Waals surface area contributed by atoms with Gasteiger partial charge in [0, 0.05) is 18.0 Å². The van der Waals surface area contributed by atoms with E-state index in [0.717, 1.165) is 16.8 Å². The highest BCUT2D eigenvalue weighted by atomic mass is 16.5. The van der Waals surface area contributed by atoms with E-state index in [1.807, 2.05) is 49.4 Å². The van der Waals surface area contributed by atoms with Crippen molar-refractivity contribution in [2.75, 3.05) is 5.73 Å².